The first-order chi connectivity index (χ1) is 16.3. The van der Waals surface area contributed by atoms with E-state index in [0.29, 0.717) is 19.4 Å². The van der Waals surface area contributed by atoms with E-state index in [0.717, 1.165) is 50.4 Å². The number of carbonyl (C=O) groups is 1. The normalized spacial score (nSPS) is 20.7. The van der Waals surface area contributed by atoms with Gasteiger partial charge in [-0.3, -0.25) is 9.69 Å². The maximum Gasteiger partial charge on any atom is 0.243 e. The number of piperidine rings is 2. The van der Waals surface area contributed by atoms with Crippen LogP contribution in [0.1, 0.15) is 31.2 Å². The SMILES string of the molecule is COc1cccc(CN2CCC(NC(=O)C3CCCN(S(=O)(=O)c4ccc(F)cc4)C3)CC2)c1. The number of hydrogen-bond acceptors (Lipinski definition) is 5. The molecule has 0 aliphatic carbocycles. The number of halogens is 1. The average molecular weight is 490 g/mol. The number of hydrogen-bond donors (Lipinski definition) is 1. The van der Waals surface area contributed by atoms with Crippen molar-refractivity contribution in [2.75, 3.05) is 33.3 Å². The summed E-state index contributed by atoms with van der Waals surface area (Å²) in [6, 6.07) is 13.0. The lowest BCUT2D eigenvalue weighted by molar-refractivity contribution is -0.127. The predicted octanol–water partition coefficient (Wildman–Crippen LogP) is 3.02. The fourth-order valence-electron chi connectivity index (χ4n) is 4.71. The number of nitrogens with zero attached hydrogens (tertiary/aromatic N) is 2. The van der Waals surface area contributed by atoms with Gasteiger partial charge in [0.05, 0.1) is 17.9 Å². The van der Waals surface area contributed by atoms with Gasteiger partial charge in [0.2, 0.25) is 15.9 Å². The van der Waals surface area contributed by atoms with Crippen molar-refractivity contribution in [1.29, 1.82) is 0 Å². The third-order valence-corrected chi connectivity index (χ3v) is 8.56. The summed E-state index contributed by atoms with van der Waals surface area (Å²) in [6.07, 6.45) is 3.01. The first-order valence-corrected chi connectivity index (χ1v) is 13.2. The van der Waals surface area contributed by atoms with E-state index in [1.54, 1.807) is 7.11 Å². The number of amides is 1. The number of methoxy groups -OCH3 is 1. The summed E-state index contributed by atoms with van der Waals surface area (Å²) < 4.78 is 45.7. The van der Waals surface area contributed by atoms with Crippen LogP contribution in [0, 0.1) is 11.7 Å². The number of sulfonamides is 1. The quantitative estimate of drug-likeness (QED) is 0.647. The Bertz CT molecular complexity index is 1090. The highest BCUT2D eigenvalue weighted by atomic mass is 32.2. The number of likely N-dealkylation sites (tertiary alicyclic amines) is 1. The summed E-state index contributed by atoms with van der Waals surface area (Å²) in [5.41, 5.74) is 1.20. The van der Waals surface area contributed by atoms with Crippen molar-refractivity contribution in [3.8, 4) is 5.75 Å². The Morgan fingerprint density at radius 1 is 1.09 bits per heavy atom. The topological polar surface area (TPSA) is 79.0 Å². The number of nitrogens with one attached hydrogen (secondary N) is 1. The first kappa shape index (κ1) is 24.6. The molecular weight excluding hydrogens is 457 g/mol. The van der Waals surface area contributed by atoms with Crippen LogP contribution in [0.2, 0.25) is 0 Å². The number of ether oxygens (including phenoxy) is 1. The highest BCUT2D eigenvalue weighted by Crippen LogP contribution is 2.25. The molecule has 184 valence electrons. The van der Waals surface area contributed by atoms with Crippen molar-refractivity contribution in [2.45, 2.75) is 43.2 Å². The van der Waals surface area contributed by atoms with Crippen molar-refractivity contribution >= 4 is 15.9 Å². The lowest BCUT2D eigenvalue weighted by atomic mass is 9.97. The molecule has 2 aromatic rings. The van der Waals surface area contributed by atoms with Crippen LogP contribution in [0.4, 0.5) is 4.39 Å². The van der Waals surface area contributed by atoms with Gasteiger partial charge in [0, 0.05) is 38.8 Å². The van der Waals surface area contributed by atoms with Gasteiger partial charge in [0.25, 0.3) is 0 Å². The van der Waals surface area contributed by atoms with Crippen LogP contribution in [0.25, 0.3) is 0 Å². The second-order valence-corrected chi connectivity index (χ2v) is 11.0. The molecule has 0 saturated carbocycles. The molecular formula is C25H32FN3O4S. The van der Waals surface area contributed by atoms with E-state index in [-0.39, 0.29) is 29.3 Å². The van der Waals surface area contributed by atoms with Gasteiger partial charge in [-0.05, 0) is 67.6 Å². The molecule has 2 fully saturated rings. The Labute approximate surface area is 200 Å². The smallest absolute Gasteiger partial charge is 0.243 e. The average Bonchev–Trinajstić information content (AvgIpc) is 2.85. The molecule has 2 aliphatic heterocycles. The Morgan fingerprint density at radius 2 is 1.82 bits per heavy atom. The fourth-order valence-corrected chi connectivity index (χ4v) is 6.24. The zero-order chi connectivity index (χ0) is 24.1. The van der Waals surface area contributed by atoms with Gasteiger partial charge >= 0.3 is 0 Å². The summed E-state index contributed by atoms with van der Waals surface area (Å²) in [4.78, 5) is 15.4. The summed E-state index contributed by atoms with van der Waals surface area (Å²) >= 11 is 0. The minimum Gasteiger partial charge on any atom is -0.497 e. The molecule has 9 heteroatoms. The molecule has 0 bridgehead atoms. The van der Waals surface area contributed by atoms with Gasteiger partial charge < -0.3 is 10.1 Å². The van der Waals surface area contributed by atoms with Crippen molar-refractivity contribution in [2.24, 2.45) is 5.92 Å². The minimum absolute atomic E-state index is 0.0540. The van der Waals surface area contributed by atoms with Gasteiger partial charge in [-0.1, -0.05) is 12.1 Å². The molecule has 1 atom stereocenters. The molecule has 1 amide bonds. The second kappa shape index (κ2) is 10.8. The first-order valence-electron chi connectivity index (χ1n) is 11.8. The van der Waals surface area contributed by atoms with Gasteiger partial charge in [0.1, 0.15) is 11.6 Å². The van der Waals surface area contributed by atoms with E-state index in [4.69, 9.17) is 4.74 Å². The molecule has 4 rings (SSSR count). The largest absolute Gasteiger partial charge is 0.497 e. The summed E-state index contributed by atoms with van der Waals surface area (Å²) in [6.45, 7) is 3.14. The molecule has 1 N–H and O–H groups in total. The maximum atomic E-state index is 13.2. The van der Waals surface area contributed by atoms with Crippen LogP contribution in [0.15, 0.2) is 53.4 Å². The maximum absolute atomic E-state index is 13.2. The Morgan fingerprint density at radius 3 is 2.53 bits per heavy atom. The van der Waals surface area contributed by atoms with Gasteiger partial charge in [-0.25, -0.2) is 12.8 Å². The lowest BCUT2D eigenvalue weighted by Crippen LogP contribution is -2.50. The van der Waals surface area contributed by atoms with Crippen LogP contribution >= 0.6 is 0 Å². The van der Waals surface area contributed by atoms with E-state index in [1.165, 1.54) is 22.0 Å². The third-order valence-electron chi connectivity index (χ3n) is 6.68. The molecule has 2 aliphatic rings. The Hall–Kier alpha value is -2.49. The van der Waals surface area contributed by atoms with E-state index in [2.05, 4.69) is 16.3 Å². The summed E-state index contributed by atoms with van der Waals surface area (Å²) in [5, 5.41) is 3.15. The van der Waals surface area contributed by atoms with Crippen molar-refractivity contribution in [1.82, 2.24) is 14.5 Å². The minimum atomic E-state index is -3.75. The van der Waals surface area contributed by atoms with Crippen molar-refractivity contribution in [3.63, 3.8) is 0 Å². The highest BCUT2D eigenvalue weighted by Gasteiger charge is 2.34. The van der Waals surface area contributed by atoms with E-state index in [9.17, 15) is 17.6 Å². The molecule has 2 aromatic carbocycles. The zero-order valence-electron chi connectivity index (χ0n) is 19.5. The molecule has 1 unspecified atom stereocenters. The number of benzene rings is 2. The summed E-state index contributed by atoms with van der Waals surface area (Å²) in [7, 11) is -2.09. The number of rotatable bonds is 7. The van der Waals surface area contributed by atoms with Gasteiger partial charge in [-0.2, -0.15) is 4.31 Å². The van der Waals surface area contributed by atoms with Crippen molar-refractivity contribution < 1.29 is 22.3 Å². The van der Waals surface area contributed by atoms with E-state index >= 15 is 0 Å². The predicted molar refractivity (Wildman–Crippen MR) is 127 cm³/mol. The van der Waals surface area contributed by atoms with Crippen LogP contribution in [-0.4, -0.2) is 62.9 Å². The Kier molecular flexibility index (Phi) is 7.85. The molecule has 34 heavy (non-hydrogen) atoms. The fraction of sp³-hybridized carbons (Fsp3) is 0.480. The van der Waals surface area contributed by atoms with Gasteiger partial charge in [-0.15, -0.1) is 0 Å². The van der Waals surface area contributed by atoms with E-state index < -0.39 is 15.8 Å². The van der Waals surface area contributed by atoms with Crippen LogP contribution in [-0.2, 0) is 21.4 Å². The molecule has 7 nitrogen and oxygen atoms in total. The van der Waals surface area contributed by atoms with Crippen LogP contribution in [0.5, 0.6) is 5.75 Å². The monoisotopic (exact) mass is 489 g/mol. The molecule has 0 spiro atoms. The second-order valence-electron chi connectivity index (χ2n) is 9.07. The standard InChI is InChI=1S/C25H32FN3O4S/c1-33-23-6-2-4-19(16-23)17-28-14-11-22(12-15-28)27-25(30)20-5-3-13-29(18-20)34(31,32)24-9-7-21(26)8-10-24/h2,4,6-10,16,20,22H,3,5,11-15,17-18H2,1H3,(H,27,30). The Balaban J connectivity index is 1.28. The molecule has 0 aromatic heterocycles. The lowest BCUT2D eigenvalue weighted by Gasteiger charge is -2.35. The zero-order valence-corrected chi connectivity index (χ0v) is 20.3. The number of carbonyl (C=O) groups excluding carboxylic acids is 1. The van der Waals surface area contributed by atoms with Crippen molar-refractivity contribution in [3.05, 3.63) is 59.9 Å². The third kappa shape index (κ3) is 5.95. The molecule has 0 radical (unpaired) electrons. The molecule has 2 saturated heterocycles. The van der Waals surface area contributed by atoms with Crippen LogP contribution in [0.3, 0.4) is 0 Å². The van der Waals surface area contributed by atoms with Gasteiger partial charge in [0.15, 0.2) is 0 Å². The van der Waals surface area contributed by atoms with E-state index in [1.807, 2.05) is 18.2 Å². The van der Waals surface area contributed by atoms with Crippen LogP contribution < -0.4 is 10.1 Å². The molecule has 2 heterocycles. The highest BCUT2D eigenvalue weighted by molar-refractivity contribution is 7.89. The summed E-state index contributed by atoms with van der Waals surface area (Å²) in [5.74, 6) is -0.0870.